The molecule has 1 aromatic rings. The Kier molecular flexibility index (Phi) is 4.68. The molecule has 24 heavy (non-hydrogen) atoms. The number of fused-ring (bicyclic) bond motifs is 1. The van der Waals surface area contributed by atoms with Crippen LogP contribution in [0.25, 0.3) is 0 Å². The average Bonchev–Trinajstić information content (AvgIpc) is 2.48. The largest absolute Gasteiger partial charge is 0.543 e. The van der Waals surface area contributed by atoms with E-state index < -0.39 is 13.9 Å². The van der Waals surface area contributed by atoms with Crippen LogP contribution in [-0.2, 0) is 11.2 Å². The Morgan fingerprint density at radius 3 is 2.21 bits per heavy atom. The highest BCUT2D eigenvalue weighted by Crippen LogP contribution is 2.46. The molecular weight excluding hydrogens is 316 g/mol. The normalized spacial score (nSPS) is 21.0. The SMILES string of the molecule is Cc1c(C)c2c(c(C)c1O[Si](C)(C)C(C)(C)C)CC[C@@](C)(C=O)O2. The average molecular weight is 349 g/mol. The first-order valence-corrected chi connectivity index (χ1v) is 11.7. The Bertz CT molecular complexity index is 671. The molecule has 2 rings (SSSR count). The predicted octanol–water partition coefficient (Wildman–Crippen LogP) is 5.28. The molecule has 0 radical (unpaired) electrons. The summed E-state index contributed by atoms with van der Waals surface area (Å²) in [7, 11) is -1.91. The van der Waals surface area contributed by atoms with E-state index in [0.29, 0.717) is 6.42 Å². The van der Waals surface area contributed by atoms with Gasteiger partial charge in [-0.3, -0.25) is 4.79 Å². The zero-order valence-electron chi connectivity index (χ0n) is 16.7. The van der Waals surface area contributed by atoms with Crippen LogP contribution in [0.5, 0.6) is 11.5 Å². The van der Waals surface area contributed by atoms with Crippen molar-refractivity contribution in [1.29, 1.82) is 0 Å². The van der Waals surface area contributed by atoms with Gasteiger partial charge in [0.2, 0.25) is 0 Å². The van der Waals surface area contributed by atoms with Crippen LogP contribution >= 0.6 is 0 Å². The quantitative estimate of drug-likeness (QED) is 0.551. The van der Waals surface area contributed by atoms with Crippen molar-refractivity contribution < 1.29 is 14.0 Å². The van der Waals surface area contributed by atoms with Gasteiger partial charge in [0.1, 0.15) is 11.5 Å². The lowest BCUT2D eigenvalue weighted by atomic mass is 9.88. The van der Waals surface area contributed by atoms with Crippen LogP contribution < -0.4 is 9.16 Å². The maximum atomic E-state index is 11.4. The smallest absolute Gasteiger partial charge is 0.250 e. The molecule has 0 saturated carbocycles. The summed E-state index contributed by atoms with van der Waals surface area (Å²) in [6.45, 7) is 19.5. The highest BCUT2D eigenvalue weighted by atomic mass is 28.4. The van der Waals surface area contributed by atoms with E-state index in [1.165, 1.54) is 11.1 Å². The zero-order valence-corrected chi connectivity index (χ0v) is 17.7. The van der Waals surface area contributed by atoms with E-state index in [2.05, 4.69) is 54.6 Å². The summed E-state index contributed by atoms with van der Waals surface area (Å²) in [5.74, 6) is 1.91. The van der Waals surface area contributed by atoms with E-state index in [4.69, 9.17) is 9.16 Å². The van der Waals surface area contributed by atoms with Crippen LogP contribution in [0, 0.1) is 20.8 Å². The Morgan fingerprint density at radius 1 is 1.12 bits per heavy atom. The first kappa shape index (κ1) is 19.0. The van der Waals surface area contributed by atoms with Gasteiger partial charge in [-0.25, -0.2) is 0 Å². The minimum Gasteiger partial charge on any atom is -0.543 e. The third-order valence-electron chi connectivity index (χ3n) is 5.93. The number of carbonyl (C=O) groups excluding carboxylic acids is 1. The van der Waals surface area contributed by atoms with Gasteiger partial charge >= 0.3 is 0 Å². The lowest BCUT2D eigenvalue weighted by molar-refractivity contribution is -0.121. The maximum Gasteiger partial charge on any atom is 0.250 e. The van der Waals surface area contributed by atoms with E-state index in [0.717, 1.165) is 35.3 Å². The van der Waals surface area contributed by atoms with Crippen molar-refractivity contribution in [1.82, 2.24) is 0 Å². The Morgan fingerprint density at radius 2 is 1.71 bits per heavy atom. The van der Waals surface area contributed by atoms with Gasteiger partial charge in [0.15, 0.2) is 11.9 Å². The first-order valence-electron chi connectivity index (χ1n) is 8.80. The van der Waals surface area contributed by atoms with Crippen molar-refractivity contribution in [3.8, 4) is 11.5 Å². The molecule has 0 bridgehead atoms. The molecule has 0 fully saturated rings. The van der Waals surface area contributed by atoms with Gasteiger partial charge in [-0.05, 0) is 75.4 Å². The van der Waals surface area contributed by atoms with E-state index in [9.17, 15) is 4.79 Å². The second-order valence-electron chi connectivity index (χ2n) is 8.91. The van der Waals surface area contributed by atoms with Crippen molar-refractivity contribution >= 4 is 14.6 Å². The van der Waals surface area contributed by atoms with Crippen LogP contribution in [-0.4, -0.2) is 20.2 Å². The van der Waals surface area contributed by atoms with E-state index in [-0.39, 0.29) is 5.04 Å². The zero-order chi connectivity index (χ0) is 18.5. The van der Waals surface area contributed by atoms with Crippen LogP contribution in [0.3, 0.4) is 0 Å². The highest BCUT2D eigenvalue weighted by Gasteiger charge is 2.41. The molecule has 134 valence electrons. The van der Waals surface area contributed by atoms with E-state index in [1.807, 2.05) is 6.92 Å². The van der Waals surface area contributed by atoms with Gasteiger partial charge < -0.3 is 9.16 Å². The molecule has 1 aliphatic rings. The van der Waals surface area contributed by atoms with Gasteiger partial charge in [0.05, 0.1) is 0 Å². The van der Waals surface area contributed by atoms with Gasteiger partial charge in [-0.15, -0.1) is 0 Å². The maximum absolute atomic E-state index is 11.4. The summed E-state index contributed by atoms with van der Waals surface area (Å²) in [6.07, 6.45) is 2.50. The van der Waals surface area contributed by atoms with Gasteiger partial charge in [-0.1, -0.05) is 20.8 Å². The van der Waals surface area contributed by atoms with Gasteiger partial charge in [0.25, 0.3) is 8.32 Å². The van der Waals surface area contributed by atoms with Crippen LogP contribution in [0.4, 0.5) is 0 Å². The molecule has 1 atom stereocenters. The van der Waals surface area contributed by atoms with E-state index >= 15 is 0 Å². The summed E-state index contributed by atoms with van der Waals surface area (Å²) in [6, 6.07) is 0. The number of hydrogen-bond donors (Lipinski definition) is 0. The van der Waals surface area contributed by atoms with Crippen LogP contribution in [0.2, 0.25) is 18.1 Å². The second kappa shape index (κ2) is 5.90. The molecule has 0 amide bonds. The number of aldehydes is 1. The van der Waals surface area contributed by atoms with Gasteiger partial charge in [-0.2, -0.15) is 0 Å². The molecule has 1 heterocycles. The molecule has 0 unspecified atom stereocenters. The fourth-order valence-corrected chi connectivity index (χ4v) is 4.02. The first-order chi connectivity index (χ1) is 10.8. The summed E-state index contributed by atoms with van der Waals surface area (Å²) >= 11 is 0. The topological polar surface area (TPSA) is 35.5 Å². The monoisotopic (exact) mass is 348 g/mol. The highest BCUT2D eigenvalue weighted by molar-refractivity contribution is 6.74. The minimum atomic E-state index is -1.91. The van der Waals surface area contributed by atoms with Gasteiger partial charge in [0, 0.05) is 5.56 Å². The number of hydrogen-bond acceptors (Lipinski definition) is 3. The van der Waals surface area contributed by atoms with Crippen LogP contribution in [0.1, 0.15) is 56.4 Å². The molecule has 0 N–H and O–H groups in total. The lowest BCUT2D eigenvalue weighted by Crippen LogP contribution is -2.44. The molecule has 1 aromatic carbocycles. The van der Waals surface area contributed by atoms with Crippen molar-refractivity contribution in [2.24, 2.45) is 0 Å². The molecule has 4 heteroatoms. The molecule has 0 aliphatic carbocycles. The van der Waals surface area contributed by atoms with Crippen molar-refractivity contribution in [2.45, 2.75) is 85.0 Å². The predicted molar refractivity (Wildman–Crippen MR) is 102 cm³/mol. The summed E-state index contributed by atoms with van der Waals surface area (Å²) in [5.41, 5.74) is 3.89. The fourth-order valence-electron chi connectivity index (χ4n) is 2.90. The molecule has 0 saturated heterocycles. The third-order valence-corrected chi connectivity index (χ3v) is 10.3. The number of carbonyl (C=O) groups is 1. The Labute approximate surface area is 147 Å². The number of ether oxygens (including phenoxy) is 1. The fraction of sp³-hybridized carbons (Fsp3) is 0.650. The number of rotatable bonds is 3. The van der Waals surface area contributed by atoms with Crippen LogP contribution in [0.15, 0.2) is 0 Å². The summed E-state index contributed by atoms with van der Waals surface area (Å²) in [5, 5.41) is 0.155. The summed E-state index contributed by atoms with van der Waals surface area (Å²) in [4.78, 5) is 11.4. The standard InChI is InChI=1S/C20H32O3Si/c1-13-14(2)18-16(10-11-20(7,12-21)22-18)15(3)17(13)23-24(8,9)19(4,5)6/h12H,10-11H2,1-9H3/t20-/m0/s1. The Balaban J connectivity index is 2.55. The number of benzene rings is 1. The molecule has 0 aromatic heterocycles. The second-order valence-corrected chi connectivity index (χ2v) is 13.6. The van der Waals surface area contributed by atoms with Crippen molar-refractivity contribution in [2.75, 3.05) is 0 Å². The van der Waals surface area contributed by atoms with E-state index in [1.54, 1.807) is 0 Å². The molecule has 1 aliphatic heterocycles. The molecule has 0 spiro atoms. The lowest BCUT2D eigenvalue weighted by Gasteiger charge is -2.39. The van der Waals surface area contributed by atoms with Crippen molar-refractivity contribution in [3.63, 3.8) is 0 Å². The van der Waals surface area contributed by atoms with Crippen molar-refractivity contribution in [3.05, 3.63) is 22.3 Å². The Hall–Kier alpha value is -1.29. The molecule has 3 nitrogen and oxygen atoms in total. The third kappa shape index (κ3) is 3.13. The summed E-state index contributed by atoms with van der Waals surface area (Å²) < 4.78 is 12.8. The molecular formula is C20H32O3Si. The minimum absolute atomic E-state index is 0.155.